The number of nitrogens with one attached hydrogen (secondary N) is 1. The maximum absolute atomic E-state index is 11.7. The van der Waals surface area contributed by atoms with E-state index in [0.717, 1.165) is 0 Å². The number of aliphatic hydroxyl groups is 1. The smallest absolute Gasteiger partial charge is 0.340 e. The summed E-state index contributed by atoms with van der Waals surface area (Å²) in [6.45, 7) is 4.95. The first-order valence-electron chi connectivity index (χ1n) is 5.88. The molecule has 1 aromatic rings. The highest BCUT2D eigenvalue weighted by atomic mass is 16.5. The minimum Gasteiger partial charge on any atom is -0.465 e. The molecule has 2 N–H and O–H groups in total. The lowest BCUT2D eigenvalue weighted by Gasteiger charge is -2.06. The van der Waals surface area contributed by atoms with Crippen LogP contribution in [0.1, 0.15) is 52.9 Å². The Morgan fingerprint density at radius 2 is 2.16 bits per heavy atom. The zero-order valence-electron chi connectivity index (χ0n) is 11.5. The number of methoxy groups -OCH3 is 1. The van der Waals surface area contributed by atoms with Gasteiger partial charge >= 0.3 is 5.97 Å². The van der Waals surface area contributed by atoms with Crippen LogP contribution >= 0.6 is 0 Å². The van der Waals surface area contributed by atoms with E-state index in [2.05, 4.69) is 21.6 Å². The van der Waals surface area contributed by atoms with Gasteiger partial charge < -0.3 is 14.8 Å². The third-order valence-corrected chi connectivity index (χ3v) is 2.49. The molecule has 0 saturated carbocycles. The van der Waals surface area contributed by atoms with Gasteiger partial charge in [-0.05, 0) is 26.2 Å². The van der Waals surface area contributed by atoms with Gasteiger partial charge in [0, 0.05) is 5.56 Å². The Kier molecular flexibility index (Phi) is 4.52. The van der Waals surface area contributed by atoms with Gasteiger partial charge in [-0.25, -0.2) is 4.79 Å². The number of aromatic amines is 1. The molecule has 0 bridgehead atoms. The SMILES string of the molecule is CCc1c(C#CC(C)(C)O)[nH]c(C=O)c1C(=O)OC. The topological polar surface area (TPSA) is 79.4 Å². The lowest BCUT2D eigenvalue weighted by atomic mass is 10.1. The predicted octanol–water partition coefficient (Wildman–Crippen LogP) is 1.30. The van der Waals surface area contributed by atoms with Gasteiger partial charge in [0.2, 0.25) is 0 Å². The quantitative estimate of drug-likeness (QED) is 0.489. The fourth-order valence-corrected chi connectivity index (χ4v) is 1.66. The van der Waals surface area contributed by atoms with E-state index in [0.29, 0.717) is 24.0 Å². The summed E-state index contributed by atoms with van der Waals surface area (Å²) in [5.74, 6) is 4.82. The Labute approximate surface area is 112 Å². The van der Waals surface area contributed by atoms with Crippen molar-refractivity contribution in [3.05, 3.63) is 22.5 Å². The van der Waals surface area contributed by atoms with Crippen molar-refractivity contribution in [3.8, 4) is 11.8 Å². The van der Waals surface area contributed by atoms with Crippen LogP contribution in [0.3, 0.4) is 0 Å². The number of hydrogen-bond donors (Lipinski definition) is 2. The molecule has 0 saturated heterocycles. The highest BCUT2D eigenvalue weighted by Crippen LogP contribution is 2.19. The van der Waals surface area contributed by atoms with Crippen molar-refractivity contribution in [2.45, 2.75) is 32.8 Å². The van der Waals surface area contributed by atoms with E-state index in [4.69, 9.17) is 0 Å². The van der Waals surface area contributed by atoms with E-state index >= 15 is 0 Å². The normalized spacial score (nSPS) is 10.6. The van der Waals surface area contributed by atoms with Crippen molar-refractivity contribution in [1.82, 2.24) is 4.98 Å². The van der Waals surface area contributed by atoms with Crippen molar-refractivity contribution in [3.63, 3.8) is 0 Å². The monoisotopic (exact) mass is 263 g/mol. The summed E-state index contributed by atoms with van der Waals surface area (Å²) in [5.41, 5.74) is 0.268. The zero-order chi connectivity index (χ0) is 14.6. The Bertz CT molecular complexity index is 552. The molecule has 0 radical (unpaired) electrons. The third-order valence-electron chi connectivity index (χ3n) is 2.49. The number of rotatable bonds is 3. The summed E-state index contributed by atoms with van der Waals surface area (Å²) in [7, 11) is 1.26. The van der Waals surface area contributed by atoms with Crippen LogP contribution in [0.5, 0.6) is 0 Å². The molecule has 19 heavy (non-hydrogen) atoms. The number of aromatic nitrogens is 1. The van der Waals surface area contributed by atoms with Gasteiger partial charge in [-0.3, -0.25) is 4.79 Å². The molecule has 1 rings (SSSR count). The van der Waals surface area contributed by atoms with E-state index < -0.39 is 11.6 Å². The minimum absolute atomic E-state index is 0.142. The first-order valence-corrected chi connectivity index (χ1v) is 5.88. The molecular formula is C14H17NO4. The fourth-order valence-electron chi connectivity index (χ4n) is 1.66. The summed E-state index contributed by atoms with van der Waals surface area (Å²) in [5, 5.41) is 9.58. The number of aldehydes is 1. The highest BCUT2D eigenvalue weighted by Gasteiger charge is 2.22. The number of carbonyl (C=O) groups excluding carboxylic acids is 2. The maximum Gasteiger partial charge on any atom is 0.340 e. The Hall–Kier alpha value is -2.06. The van der Waals surface area contributed by atoms with Gasteiger partial charge in [0.05, 0.1) is 24.1 Å². The average molecular weight is 263 g/mol. The summed E-state index contributed by atoms with van der Waals surface area (Å²) >= 11 is 0. The summed E-state index contributed by atoms with van der Waals surface area (Å²) in [6, 6.07) is 0. The third kappa shape index (κ3) is 3.46. The first kappa shape index (κ1) is 15.0. The average Bonchev–Trinajstić information content (AvgIpc) is 2.72. The Morgan fingerprint density at radius 3 is 2.58 bits per heavy atom. The van der Waals surface area contributed by atoms with Crippen LogP contribution in [0.15, 0.2) is 0 Å². The summed E-state index contributed by atoms with van der Waals surface area (Å²) in [4.78, 5) is 25.5. The molecule has 0 aliphatic rings. The van der Waals surface area contributed by atoms with Crippen molar-refractivity contribution >= 4 is 12.3 Å². The zero-order valence-corrected chi connectivity index (χ0v) is 11.5. The van der Waals surface area contributed by atoms with E-state index in [1.54, 1.807) is 13.8 Å². The lowest BCUT2D eigenvalue weighted by Crippen LogP contribution is -2.14. The van der Waals surface area contributed by atoms with E-state index in [1.807, 2.05) is 6.92 Å². The number of hydrogen-bond acceptors (Lipinski definition) is 4. The molecule has 0 unspecified atom stereocenters. The molecule has 102 valence electrons. The van der Waals surface area contributed by atoms with Crippen molar-refractivity contribution in [1.29, 1.82) is 0 Å². The van der Waals surface area contributed by atoms with Crippen LogP contribution in [0, 0.1) is 11.8 Å². The lowest BCUT2D eigenvalue weighted by molar-refractivity contribution is 0.0597. The number of esters is 1. The molecule has 0 atom stereocenters. The number of ether oxygens (including phenoxy) is 1. The van der Waals surface area contributed by atoms with Crippen LogP contribution in [0.4, 0.5) is 0 Å². The predicted molar refractivity (Wildman–Crippen MR) is 70.1 cm³/mol. The van der Waals surface area contributed by atoms with Gasteiger partial charge in [-0.2, -0.15) is 0 Å². The molecule has 1 aromatic heterocycles. The van der Waals surface area contributed by atoms with E-state index in [1.165, 1.54) is 7.11 Å². The molecule has 5 heteroatoms. The van der Waals surface area contributed by atoms with Crippen LogP contribution in [0.25, 0.3) is 0 Å². The molecule has 5 nitrogen and oxygen atoms in total. The standard InChI is InChI=1S/C14H17NO4/c1-5-9-10(6-7-14(2,3)18)15-11(8-16)12(9)13(17)19-4/h8,15,18H,5H2,1-4H3. The number of H-pyrrole nitrogens is 1. The van der Waals surface area contributed by atoms with Gasteiger partial charge in [-0.15, -0.1) is 0 Å². The largest absolute Gasteiger partial charge is 0.465 e. The number of carbonyl (C=O) groups is 2. The van der Waals surface area contributed by atoms with Crippen LogP contribution in [-0.2, 0) is 11.2 Å². The second-order valence-corrected chi connectivity index (χ2v) is 4.54. The summed E-state index contributed by atoms with van der Waals surface area (Å²) < 4.78 is 4.66. The second kappa shape index (κ2) is 5.72. The van der Waals surface area contributed by atoms with Gasteiger partial charge in [0.15, 0.2) is 6.29 Å². The van der Waals surface area contributed by atoms with Crippen molar-refractivity contribution < 1.29 is 19.4 Å². The molecular weight excluding hydrogens is 246 g/mol. The maximum atomic E-state index is 11.7. The molecule has 0 amide bonds. The molecule has 0 fully saturated rings. The van der Waals surface area contributed by atoms with Crippen LogP contribution in [0.2, 0.25) is 0 Å². The minimum atomic E-state index is -1.15. The molecule has 0 spiro atoms. The Balaban J connectivity index is 3.42. The van der Waals surface area contributed by atoms with E-state index in [9.17, 15) is 14.7 Å². The van der Waals surface area contributed by atoms with Crippen LogP contribution < -0.4 is 0 Å². The first-order chi connectivity index (χ1) is 8.84. The van der Waals surface area contributed by atoms with Gasteiger partial charge in [0.25, 0.3) is 0 Å². The van der Waals surface area contributed by atoms with Crippen LogP contribution in [-0.4, -0.2) is 35.1 Å². The fraction of sp³-hybridized carbons (Fsp3) is 0.429. The van der Waals surface area contributed by atoms with Gasteiger partial charge in [0.1, 0.15) is 5.60 Å². The van der Waals surface area contributed by atoms with Crippen molar-refractivity contribution in [2.24, 2.45) is 0 Å². The summed E-state index contributed by atoms with van der Waals surface area (Å²) in [6.07, 6.45) is 1.07. The molecule has 0 aromatic carbocycles. The Morgan fingerprint density at radius 1 is 1.53 bits per heavy atom. The highest BCUT2D eigenvalue weighted by molar-refractivity contribution is 5.99. The molecule has 1 heterocycles. The van der Waals surface area contributed by atoms with E-state index in [-0.39, 0.29) is 11.3 Å². The van der Waals surface area contributed by atoms with Crippen molar-refractivity contribution in [2.75, 3.05) is 7.11 Å². The molecule has 0 aliphatic carbocycles. The van der Waals surface area contributed by atoms with Gasteiger partial charge in [-0.1, -0.05) is 12.8 Å². The molecule has 0 aliphatic heterocycles. The second-order valence-electron chi connectivity index (χ2n) is 4.54.